The number of carbonyl (C=O) groups excluding carboxylic acids is 2. The van der Waals surface area contributed by atoms with Gasteiger partial charge in [-0.05, 0) is 35.2 Å². The van der Waals surface area contributed by atoms with Crippen LogP contribution in [0.5, 0.6) is 0 Å². The second-order valence-corrected chi connectivity index (χ2v) is 7.56. The molecule has 0 heterocycles. The fourth-order valence-electron chi connectivity index (χ4n) is 3.12. The first-order valence-corrected chi connectivity index (χ1v) is 10.7. The van der Waals surface area contributed by atoms with E-state index in [9.17, 15) is 18.4 Å². The number of rotatable bonds is 11. The fourth-order valence-corrected chi connectivity index (χ4v) is 3.12. The minimum atomic E-state index is -0.918. The molecule has 0 aliphatic rings. The predicted octanol–water partition coefficient (Wildman–Crippen LogP) is 4.51. The van der Waals surface area contributed by atoms with Crippen molar-refractivity contribution in [1.82, 2.24) is 10.6 Å². The van der Waals surface area contributed by atoms with Gasteiger partial charge in [-0.1, -0.05) is 54.6 Å². The van der Waals surface area contributed by atoms with Gasteiger partial charge < -0.3 is 15.4 Å². The highest BCUT2D eigenvalue weighted by Crippen LogP contribution is 2.10. The average molecular weight is 453 g/mol. The smallest absolute Gasteiger partial charge is 0.254 e. The molecule has 7 heteroatoms. The standard InChI is InChI=1S/C26H26F2N2O3/c27-22-12-13-23(24(28)15-22)26(32)29-14-4-7-25(31)30-16-19-8-10-21(11-9-19)18-33-17-20-5-2-1-3-6-20/h1-3,5-6,8-13,15H,4,7,14,16-18H2,(H,29,32)(H,30,31). The zero-order valence-electron chi connectivity index (χ0n) is 18.2. The lowest BCUT2D eigenvalue weighted by molar-refractivity contribution is -0.121. The summed E-state index contributed by atoms with van der Waals surface area (Å²) < 4.78 is 32.2. The molecule has 0 aromatic heterocycles. The summed E-state index contributed by atoms with van der Waals surface area (Å²) in [7, 11) is 0. The molecule has 0 aliphatic heterocycles. The molecular formula is C26H26F2N2O3. The van der Waals surface area contributed by atoms with E-state index in [0.29, 0.717) is 32.2 Å². The summed E-state index contributed by atoms with van der Waals surface area (Å²) in [5.74, 6) is -2.45. The quantitative estimate of drug-likeness (QED) is 0.421. The molecule has 2 amide bonds. The Morgan fingerprint density at radius 1 is 0.788 bits per heavy atom. The van der Waals surface area contributed by atoms with Gasteiger partial charge in [-0.2, -0.15) is 0 Å². The van der Waals surface area contributed by atoms with E-state index in [-0.39, 0.29) is 24.4 Å². The van der Waals surface area contributed by atoms with Crippen molar-refractivity contribution >= 4 is 11.8 Å². The topological polar surface area (TPSA) is 67.4 Å². The monoisotopic (exact) mass is 452 g/mol. The zero-order chi connectivity index (χ0) is 23.5. The van der Waals surface area contributed by atoms with Crippen LogP contribution >= 0.6 is 0 Å². The van der Waals surface area contributed by atoms with Crippen molar-refractivity contribution < 1.29 is 23.1 Å². The van der Waals surface area contributed by atoms with Crippen molar-refractivity contribution in [3.8, 4) is 0 Å². The van der Waals surface area contributed by atoms with Gasteiger partial charge in [-0.25, -0.2) is 8.78 Å². The number of benzene rings is 3. The van der Waals surface area contributed by atoms with Gasteiger partial charge >= 0.3 is 0 Å². The van der Waals surface area contributed by atoms with Crippen LogP contribution in [-0.2, 0) is 29.3 Å². The molecule has 0 bridgehead atoms. The van der Waals surface area contributed by atoms with Crippen LogP contribution in [0.1, 0.15) is 39.9 Å². The van der Waals surface area contributed by atoms with Crippen LogP contribution in [0.15, 0.2) is 72.8 Å². The molecule has 0 spiro atoms. The highest BCUT2D eigenvalue weighted by molar-refractivity contribution is 5.94. The molecule has 0 aliphatic carbocycles. The number of hydrogen-bond donors (Lipinski definition) is 2. The molecule has 0 saturated carbocycles. The van der Waals surface area contributed by atoms with Crippen molar-refractivity contribution in [1.29, 1.82) is 0 Å². The van der Waals surface area contributed by atoms with E-state index in [4.69, 9.17) is 4.74 Å². The third kappa shape index (κ3) is 8.12. The van der Waals surface area contributed by atoms with Crippen molar-refractivity contribution in [3.05, 3.63) is 107 Å². The molecule has 5 nitrogen and oxygen atoms in total. The molecule has 33 heavy (non-hydrogen) atoms. The van der Waals surface area contributed by atoms with E-state index in [2.05, 4.69) is 10.6 Å². The number of amides is 2. The molecule has 0 radical (unpaired) electrons. The third-order valence-corrected chi connectivity index (χ3v) is 4.93. The lowest BCUT2D eigenvalue weighted by Crippen LogP contribution is -2.28. The third-order valence-electron chi connectivity index (χ3n) is 4.93. The van der Waals surface area contributed by atoms with Crippen molar-refractivity contribution in [2.45, 2.75) is 32.6 Å². The maximum atomic E-state index is 13.6. The van der Waals surface area contributed by atoms with Gasteiger partial charge in [0, 0.05) is 25.6 Å². The molecule has 3 aromatic carbocycles. The van der Waals surface area contributed by atoms with E-state index >= 15 is 0 Å². The Bertz CT molecular complexity index is 1060. The van der Waals surface area contributed by atoms with E-state index in [1.807, 2.05) is 54.6 Å². The molecule has 0 saturated heterocycles. The molecule has 3 rings (SSSR count). The molecule has 0 fully saturated rings. The van der Waals surface area contributed by atoms with Crippen LogP contribution in [0.3, 0.4) is 0 Å². The van der Waals surface area contributed by atoms with E-state index in [1.165, 1.54) is 0 Å². The molecule has 0 atom stereocenters. The van der Waals surface area contributed by atoms with Gasteiger partial charge in [0.15, 0.2) is 0 Å². The first-order valence-electron chi connectivity index (χ1n) is 10.7. The Balaban J connectivity index is 1.30. The summed E-state index contributed by atoms with van der Waals surface area (Å²) in [6.07, 6.45) is 0.621. The Labute approximate surface area is 191 Å². The first-order chi connectivity index (χ1) is 16.0. The van der Waals surface area contributed by atoms with Gasteiger partial charge in [0.2, 0.25) is 5.91 Å². The summed E-state index contributed by atoms with van der Waals surface area (Å²) >= 11 is 0. The van der Waals surface area contributed by atoms with Crippen molar-refractivity contribution in [2.24, 2.45) is 0 Å². The van der Waals surface area contributed by atoms with Gasteiger partial charge in [0.05, 0.1) is 18.8 Å². The Kier molecular flexibility index (Phi) is 9.08. The minimum Gasteiger partial charge on any atom is -0.372 e. The van der Waals surface area contributed by atoms with Crippen LogP contribution in [0.4, 0.5) is 8.78 Å². The summed E-state index contributed by atoms with van der Waals surface area (Å²) in [5.41, 5.74) is 2.92. The Morgan fingerprint density at radius 2 is 1.45 bits per heavy atom. The van der Waals surface area contributed by atoms with Crippen LogP contribution in [0.2, 0.25) is 0 Å². The van der Waals surface area contributed by atoms with Crippen LogP contribution < -0.4 is 10.6 Å². The Hall–Kier alpha value is -3.58. The van der Waals surface area contributed by atoms with Gasteiger partial charge in [0.25, 0.3) is 5.91 Å². The molecule has 172 valence electrons. The van der Waals surface area contributed by atoms with Gasteiger partial charge in [-0.15, -0.1) is 0 Å². The minimum absolute atomic E-state index is 0.146. The summed E-state index contributed by atoms with van der Waals surface area (Å²) in [6.45, 7) is 1.67. The number of ether oxygens (including phenoxy) is 1. The van der Waals surface area contributed by atoms with Crippen molar-refractivity contribution in [3.63, 3.8) is 0 Å². The number of nitrogens with one attached hydrogen (secondary N) is 2. The number of hydrogen-bond acceptors (Lipinski definition) is 3. The molecule has 3 aromatic rings. The average Bonchev–Trinajstić information content (AvgIpc) is 2.82. The second kappa shape index (κ2) is 12.5. The number of carbonyl (C=O) groups is 2. The lowest BCUT2D eigenvalue weighted by atomic mass is 10.1. The molecular weight excluding hydrogens is 426 g/mol. The maximum Gasteiger partial charge on any atom is 0.254 e. The largest absolute Gasteiger partial charge is 0.372 e. The van der Waals surface area contributed by atoms with Crippen LogP contribution in [0.25, 0.3) is 0 Å². The summed E-state index contributed by atoms with van der Waals surface area (Å²) in [6, 6.07) is 20.6. The highest BCUT2D eigenvalue weighted by atomic mass is 19.1. The van der Waals surface area contributed by atoms with E-state index < -0.39 is 17.5 Å². The second-order valence-electron chi connectivity index (χ2n) is 7.56. The zero-order valence-corrected chi connectivity index (χ0v) is 18.2. The van der Waals surface area contributed by atoms with Gasteiger partial charge in [0.1, 0.15) is 11.6 Å². The van der Waals surface area contributed by atoms with E-state index in [1.54, 1.807) is 0 Å². The fraction of sp³-hybridized carbons (Fsp3) is 0.231. The SMILES string of the molecule is O=C(CCCNC(=O)c1ccc(F)cc1F)NCc1ccc(COCc2ccccc2)cc1. The van der Waals surface area contributed by atoms with E-state index in [0.717, 1.165) is 28.8 Å². The first kappa shape index (κ1) is 24.1. The normalized spacial score (nSPS) is 10.6. The van der Waals surface area contributed by atoms with Crippen LogP contribution in [0, 0.1) is 11.6 Å². The number of halogens is 2. The molecule has 2 N–H and O–H groups in total. The highest BCUT2D eigenvalue weighted by Gasteiger charge is 2.12. The Morgan fingerprint density at radius 3 is 2.15 bits per heavy atom. The lowest BCUT2D eigenvalue weighted by Gasteiger charge is -2.08. The summed E-state index contributed by atoms with van der Waals surface area (Å²) in [5, 5.41) is 5.36. The maximum absolute atomic E-state index is 13.6. The summed E-state index contributed by atoms with van der Waals surface area (Å²) in [4.78, 5) is 23.9. The molecule has 0 unspecified atom stereocenters. The van der Waals surface area contributed by atoms with Gasteiger partial charge in [-0.3, -0.25) is 9.59 Å². The van der Waals surface area contributed by atoms with Crippen LogP contribution in [-0.4, -0.2) is 18.4 Å². The van der Waals surface area contributed by atoms with Crippen molar-refractivity contribution in [2.75, 3.05) is 6.54 Å². The predicted molar refractivity (Wildman–Crippen MR) is 121 cm³/mol.